The molecule has 1 N–H and O–H groups in total. The van der Waals surface area contributed by atoms with Crippen molar-refractivity contribution in [3.63, 3.8) is 0 Å². The molecule has 0 fully saturated rings. The van der Waals surface area contributed by atoms with Crippen LogP contribution in [0.4, 0.5) is 0 Å². The quantitative estimate of drug-likeness (QED) is 0.335. The second kappa shape index (κ2) is 9.53. The fraction of sp³-hybridized carbons (Fsp3) is 1.00. The number of aliphatic hydroxyl groups is 1. The Kier molecular flexibility index (Phi) is 12.0. The zero-order chi connectivity index (χ0) is 11.2. The van der Waals surface area contributed by atoms with Crippen molar-refractivity contribution in [2.75, 3.05) is 0 Å². The van der Waals surface area contributed by atoms with E-state index in [-0.39, 0.29) is 57.8 Å². The molecular formula is C9H19KO4S. The summed E-state index contributed by atoms with van der Waals surface area (Å²) >= 11 is 0. The van der Waals surface area contributed by atoms with E-state index in [1.54, 1.807) is 6.92 Å². The molecule has 0 radical (unpaired) electrons. The third-order valence-corrected chi connectivity index (χ3v) is 3.69. The van der Waals surface area contributed by atoms with Gasteiger partial charge in [-0.25, -0.2) is 8.42 Å². The van der Waals surface area contributed by atoms with Gasteiger partial charge in [0.05, 0.1) is 11.4 Å². The van der Waals surface area contributed by atoms with E-state index in [0.29, 0.717) is 6.42 Å². The Morgan fingerprint density at radius 2 is 1.80 bits per heavy atom. The average Bonchev–Trinajstić information content (AvgIpc) is 2.03. The Balaban J connectivity index is 0. The number of rotatable bonds is 7. The number of hydrogen-bond donors (Lipinski definition) is 1. The summed E-state index contributed by atoms with van der Waals surface area (Å²) < 4.78 is 32.2. The van der Waals surface area contributed by atoms with Crippen molar-refractivity contribution in [3.05, 3.63) is 0 Å². The molecule has 0 aliphatic carbocycles. The van der Waals surface area contributed by atoms with Gasteiger partial charge in [-0.05, 0) is 12.8 Å². The third-order valence-electron chi connectivity index (χ3n) is 2.31. The van der Waals surface area contributed by atoms with Gasteiger partial charge in [0.25, 0.3) is 0 Å². The van der Waals surface area contributed by atoms with Gasteiger partial charge in [-0.2, -0.15) is 0 Å². The summed E-state index contributed by atoms with van der Waals surface area (Å²) in [6.07, 6.45) is 2.30. The summed E-state index contributed by atoms with van der Waals surface area (Å²) in [4.78, 5) is 0. The van der Waals surface area contributed by atoms with Crippen LogP contribution in [-0.2, 0) is 10.1 Å². The first-order valence-electron chi connectivity index (χ1n) is 5.06. The SMILES string of the molecule is CCCCCC(O)C(CC)S(=O)(=O)[O-].[K+]. The van der Waals surface area contributed by atoms with Crippen molar-refractivity contribution in [2.24, 2.45) is 0 Å². The molecule has 0 aliphatic heterocycles. The smallest absolute Gasteiger partial charge is 0.748 e. The maximum absolute atomic E-state index is 10.7. The predicted molar refractivity (Wildman–Crippen MR) is 53.9 cm³/mol. The molecule has 0 rings (SSSR count). The fourth-order valence-corrected chi connectivity index (χ4v) is 2.39. The number of aliphatic hydroxyl groups excluding tert-OH is 1. The van der Waals surface area contributed by atoms with E-state index in [2.05, 4.69) is 0 Å². The van der Waals surface area contributed by atoms with E-state index in [1.807, 2.05) is 6.92 Å². The Labute approximate surface area is 135 Å². The minimum atomic E-state index is -4.35. The summed E-state index contributed by atoms with van der Waals surface area (Å²) in [7, 11) is -4.35. The van der Waals surface area contributed by atoms with E-state index in [4.69, 9.17) is 0 Å². The Bertz CT molecular complexity index is 240. The van der Waals surface area contributed by atoms with Crippen molar-refractivity contribution < 1.29 is 69.5 Å². The van der Waals surface area contributed by atoms with Crippen LogP contribution in [0.25, 0.3) is 0 Å². The van der Waals surface area contributed by atoms with E-state index in [1.165, 1.54) is 0 Å². The van der Waals surface area contributed by atoms with Crippen LogP contribution in [0, 0.1) is 0 Å². The van der Waals surface area contributed by atoms with Crippen LogP contribution in [0.15, 0.2) is 0 Å². The van der Waals surface area contributed by atoms with Crippen molar-refractivity contribution >= 4 is 10.1 Å². The van der Waals surface area contributed by atoms with Gasteiger partial charge < -0.3 is 9.66 Å². The molecule has 4 nitrogen and oxygen atoms in total. The average molecular weight is 262 g/mol. The number of unbranched alkanes of at least 4 members (excludes halogenated alkanes) is 2. The van der Waals surface area contributed by atoms with Crippen molar-refractivity contribution in [3.8, 4) is 0 Å². The predicted octanol–water partition coefficient (Wildman–Crippen LogP) is -1.74. The molecule has 0 aromatic carbocycles. The molecule has 0 saturated heterocycles. The number of hydrogen-bond acceptors (Lipinski definition) is 4. The summed E-state index contributed by atoms with van der Waals surface area (Å²) in [5.41, 5.74) is 0. The Morgan fingerprint density at radius 3 is 2.13 bits per heavy atom. The molecule has 0 bridgehead atoms. The molecular weight excluding hydrogens is 243 g/mol. The molecule has 15 heavy (non-hydrogen) atoms. The zero-order valence-corrected chi connectivity index (χ0v) is 13.7. The van der Waals surface area contributed by atoms with E-state index < -0.39 is 21.5 Å². The molecule has 0 spiro atoms. The maximum Gasteiger partial charge on any atom is 1.00 e. The van der Waals surface area contributed by atoms with Gasteiger partial charge in [0.15, 0.2) is 0 Å². The first kappa shape index (κ1) is 18.9. The fourth-order valence-electron chi connectivity index (χ4n) is 1.46. The second-order valence-electron chi connectivity index (χ2n) is 3.50. The monoisotopic (exact) mass is 262 g/mol. The van der Waals surface area contributed by atoms with Crippen LogP contribution in [0.3, 0.4) is 0 Å². The minimum absolute atomic E-state index is 0. The molecule has 0 amide bonds. The van der Waals surface area contributed by atoms with E-state index in [0.717, 1.165) is 19.3 Å². The molecule has 6 heteroatoms. The van der Waals surface area contributed by atoms with Gasteiger partial charge in [0, 0.05) is 0 Å². The van der Waals surface area contributed by atoms with Gasteiger partial charge in [-0.3, -0.25) is 0 Å². The van der Waals surface area contributed by atoms with Crippen LogP contribution < -0.4 is 51.4 Å². The second-order valence-corrected chi connectivity index (χ2v) is 5.09. The Morgan fingerprint density at radius 1 is 1.27 bits per heavy atom. The molecule has 0 aromatic heterocycles. The Hall–Kier alpha value is 1.51. The summed E-state index contributed by atoms with van der Waals surface area (Å²) in [5, 5.41) is 8.35. The van der Waals surface area contributed by atoms with Gasteiger partial charge >= 0.3 is 51.4 Å². The molecule has 86 valence electrons. The first-order chi connectivity index (χ1) is 6.43. The van der Waals surface area contributed by atoms with Crippen LogP contribution in [0.5, 0.6) is 0 Å². The molecule has 0 aliphatic rings. The maximum atomic E-state index is 10.7. The van der Waals surface area contributed by atoms with Crippen molar-refractivity contribution in [1.82, 2.24) is 0 Å². The molecule has 0 aromatic rings. The van der Waals surface area contributed by atoms with Crippen LogP contribution in [0.1, 0.15) is 46.0 Å². The van der Waals surface area contributed by atoms with Gasteiger partial charge in [-0.15, -0.1) is 0 Å². The summed E-state index contributed by atoms with van der Waals surface area (Å²) in [6, 6.07) is 0. The zero-order valence-electron chi connectivity index (χ0n) is 9.77. The van der Waals surface area contributed by atoms with Crippen LogP contribution in [-0.4, -0.2) is 29.4 Å². The van der Waals surface area contributed by atoms with Gasteiger partial charge in [-0.1, -0.05) is 33.1 Å². The van der Waals surface area contributed by atoms with Crippen LogP contribution in [0.2, 0.25) is 0 Å². The van der Waals surface area contributed by atoms with Crippen LogP contribution >= 0.6 is 0 Å². The topological polar surface area (TPSA) is 77.4 Å². The molecule has 2 unspecified atom stereocenters. The largest absolute Gasteiger partial charge is 1.00 e. The summed E-state index contributed by atoms with van der Waals surface area (Å²) in [5.74, 6) is 0. The van der Waals surface area contributed by atoms with E-state index in [9.17, 15) is 18.1 Å². The normalized spacial score (nSPS) is 15.5. The molecule has 0 heterocycles. The molecule has 2 atom stereocenters. The van der Waals surface area contributed by atoms with Gasteiger partial charge in [0.2, 0.25) is 0 Å². The van der Waals surface area contributed by atoms with Crippen molar-refractivity contribution in [1.29, 1.82) is 0 Å². The minimum Gasteiger partial charge on any atom is -0.748 e. The standard InChI is InChI=1S/C9H20O4S.K/c1-3-5-6-7-8(10)9(4-2)14(11,12)13;/h8-10H,3-7H2,1-2H3,(H,11,12,13);/q;+1/p-1. The third kappa shape index (κ3) is 8.26. The summed E-state index contributed by atoms with van der Waals surface area (Å²) in [6.45, 7) is 3.62. The van der Waals surface area contributed by atoms with E-state index >= 15 is 0 Å². The molecule has 0 saturated carbocycles. The van der Waals surface area contributed by atoms with Gasteiger partial charge in [0.1, 0.15) is 10.1 Å². The van der Waals surface area contributed by atoms with Crippen molar-refractivity contribution in [2.45, 2.75) is 57.3 Å². The first-order valence-corrected chi connectivity index (χ1v) is 6.53.